The summed E-state index contributed by atoms with van der Waals surface area (Å²) in [5.74, 6) is 0.864. The molecule has 0 bridgehead atoms. The summed E-state index contributed by atoms with van der Waals surface area (Å²) in [6.07, 6.45) is 0.861. The summed E-state index contributed by atoms with van der Waals surface area (Å²) in [5, 5.41) is 6.57. The van der Waals surface area contributed by atoms with Crippen LogP contribution >= 0.6 is 0 Å². The van der Waals surface area contributed by atoms with Gasteiger partial charge in [-0.05, 0) is 6.92 Å². The Morgan fingerprint density at radius 1 is 1.50 bits per heavy atom. The monoisotopic (exact) mass is 141 g/mol. The Morgan fingerprint density at radius 3 is 2.80 bits per heavy atom. The summed E-state index contributed by atoms with van der Waals surface area (Å²) in [5.41, 5.74) is 0. The highest BCUT2D eigenvalue weighted by molar-refractivity contribution is 4.94. The van der Waals surface area contributed by atoms with E-state index in [-0.39, 0.29) is 0 Å². The molecule has 4 nitrogen and oxygen atoms in total. The van der Waals surface area contributed by atoms with E-state index in [1.165, 1.54) is 0 Å². The van der Waals surface area contributed by atoms with Crippen molar-refractivity contribution >= 4 is 0 Å². The molecule has 0 saturated heterocycles. The zero-order chi connectivity index (χ0) is 7.40. The predicted molar refractivity (Wildman–Crippen MR) is 36.9 cm³/mol. The number of hydrogen-bond donors (Lipinski definition) is 1. The van der Waals surface area contributed by atoms with Gasteiger partial charge < -0.3 is 4.74 Å². The zero-order valence-corrected chi connectivity index (χ0v) is 6.22. The van der Waals surface area contributed by atoms with Crippen LogP contribution in [0.1, 0.15) is 19.7 Å². The Balaban J connectivity index is 2.59. The number of nitrogens with one attached hydrogen (secondary N) is 1. The largest absolute Gasteiger partial charge is 0.463 e. The molecule has 1 N–H and O–H groups in total. The molecule has 0 radical (unpaired) electrons. The highest BCUT2D eigenvalue weighted by atomic mass is 16.5. The van der Waals surface area contributed by atoms with Gasteiger partial charge in [-0.1, -0.05) is 6.92 Å². The molecule has 0 aliphatic rings. The van der Waals surface area contributed by atoms with E-state index >= 15 is 0 Å². The van der Waals surface area contributed by atoms with Crippen molar-refractivity contribution in [2.45, 2.75) is 20.3 Å². The minimum atomic E-state index is 0.444. The Kier molecular flexibility index (Phi) is 2.25. The van der Waals surface area contributed by atoms with Crippen LogP contribution in [0.2, 0.25) is 0 Å². The molecule has 0 aliphatic carbocycles. The lowest BCUT2D eigenvalue weighted by atomic mass is 10.5. The quantitative estimate of drug-likeness (QED) is 0.676. The maximum atomic E-state index is 5.03. The molecule has 0 atom stereocenters. The number of aryl methyl sites for hydroxylation is 1. The predicted octanol–water partition coefficient (Wildman–Crippen LogP) is 0.766. The number of ether oxygens (including phenoxy) is 1. The van der Waals surface area contributed by atoms with Crippen LogP contribution in [-0.4, -0.2) is 21.8 Å². The van der Waals surface area contributed by atoms with E-state index in [2.05, 4.69) is 15.2 Å². The van der Waals surface area contributed by atoms with Crippen molar-refractivity contribution in [2.75, 3.05) is 6.61 Å². The van der Waals surface area contributed by atoms with Crippen LogP contribution in [-0.2, 0) is 6.42 Å². The van der Waals surface area contributed by atoms with Crippen LogP contribution in [0, 0.1) is 0 Å². The third kappa shape index (κ3) is 1.46. The van der Waals surface area contributed by atoms with Gasteiger partial charge in [-0.25, -0.2) is 0 Å². The van der Waals surface area contributed by atoms with Crippen LogP contribution in [0.4, 0.5) is 0 Å². The fourth-order valence-corrected chi connectivity index (χ4v) is 0.630. The first-order chi connectivity index (χ1) is 4.86. The molecule has 0 unspecified atom stereocenters. The van der Waals surface area contributed by atoms with Crippen LogP contribution < -0.4 is 4.74 Å². The highest BCUT2D eigenvalue weighted by Gasteiger charge is 1.98. The summed E-state index contributed by atoms with van der Waals surface area (Å²) in [4.78, 5) is 4.03. The molecule has 1 rings (SSSR count). The maximum Gasteiger partial charge on any atom is 0.335 e. The Bertz CT molecular complexity index is 197. The molecule has 4 heteroatoms. The van der Waals surface area contributed by atoms with Crippen molar-refractivity contribution in [1.29, 1.82) is 0 Å². The second kappa shape index (κ2) is 3.20. The van der Waals surface area contributed by atoms with Crippen LogP contribution in [0.25, 0.3) is 0 Å². The third-order valence-corrected chi connectivity index (χ3v) is 1.12. The van der Waals surface area contributed by atoms with E-state index in [4.69, 9.17) is 4.74 Å². The van der Waals surface area contributed by atoms with Crippen molar-refractivity contribution in [1.82, 2.24) is 15.2 Å². The molecule has 56 valence electrons. The average molecular weight is 141 g/mol. The first kappa shape index (κ1) is 7.05. The second-order valence-corrected chi connectivity index (χ2v) is 1.85. The van der Waals surface area contributed by atoms with Gasteiger partial charge >= 0.3 is 6.01 Å². The van der Waals surface area contributed by atoms with Gasteiger partial charge in [0.1, 0.15) is 5.82 Å². The molecule has 0 saturated carbocycles. The van der Waals surface area contributed by atoms with Crippen LogP contribution in [0.3, 0.4) is 0 Å². The smallest absolute Gasteiger partial charge is 0.335 e. The molecule has 0 spiro atoms. The number of H-pyrrole nitrogens is 1. The first-order valence-electron chi connectivity index (χ1n) is 3.40. The summed E-state index contributed by atoms with van der Waals surface area (Å²) < 4.78 is 5.03. The van der Waals surface area contributed by atoms with Crippen molar-refractivity contribution in [3.05, 3.63) is 5.82 Å². The van der Waals surface area contributed by atoms with Gasteiger partial charge in [0.25, 0.3) is 0 Å². The average Bonchev–Trinajstić information content (AvgIpc) is 2.37. The maximum absolute atomic E-state index is 5.03. The van der Waals surface area contributed by atoms with Crippen molar-refractivity contribution < 1.29 is 4.74 Å². The zero-order valence-electron chi connectivity index (χ0n) is 6.22. The van der Waals surface area contributed by atoms with Gasteiger partial charge in [0.15, 0.2) is 0 Å². The summed E-state index contributed by atoms with van der Waals surface area (Å²) in [7, 11) is 0. The molecule has 0 aliphatic heterocycles. The number of aromatic nitrogens is 3. The molecule has 0 fully saturated rings. The van der Waals surface area contributed by atoms with E-state index in [1.54, 1.807) is 0 Å². The van der Waals surface area contributed by atoms with Crippen LogP contribution in [0.15, 0.2) is 0 Å². The Hall–Kier alpha value is -1.06. The summed E-state index contributed by atoms with van der Waals surface area (Å²) >= 11 is 0. The lowest BCUT2D eigenvalue weighted by molar-refractivity contribution is 0.313. The van der Waals surface area contributed by atoms with Gasteiger partial charge in [-0.15, -0.1) is 5.10 Å². The van der Waals surface area contributed by atoms with E-state index in [9.17, 15) is 0 Å². The molecular weight excluding hydrogens is 130 g/mol. The lowest BCUT2D eigenvalue weighted by Crippen LogP contribution is -1.92. The molecular formula is C6H11N3O. The number of aromatic amines is 1. The number of hydrogen-bond acceptors (Lipinski definition) is 3. The minimum absolute atomic E-state index is 0.444. The third-order valence-electron chi connectivity index (χ3n) is 1.12. The molecule has 1 aromatic heterocycles. The van der Waals surface area contributed by atoms with Gasteiger partial charge in [0, 0.05) is 6.42 Å². The minimum Gasteiger partial charge on any atom is -0.463 e. The standard InChI is InChI=1S/C6H11N3O/c1-3-5-7-6(9-8-5)10-4-2/h3-4H2,1-2H3,(H,7,8,9). The fraction of sp³-hybridized carbons (Fsp3) is 0.667. The molecule has 1 heterocycles. The van der Waals surface area contributed by atoms with E-state index in [0.29, 0.717) is 12.6 Å². The summed E-state index contributed by atoms with van der Waals surface area (Å²) in [6, 6.07) is 0.444. The van der Waals surface area contributed by atoms with Crippen molar-refractivity contribution in [3.8, 4) is 6.01 Å². The Morgan fingerprint density at radius 2 is 2.30 bits per heavy atom. The molecule has 0 aromatic carbocycles. The highest BCUT2D eigenvalue weighted by Crippen LogP contribution is 2.00. The van der Waals surface area contributed by atoms with Gasteiger partial charge in [-0.2, -0.15) is 4.98 Å². The van der Waals surface area contributed by atoms with Gasteiger partial charge in [0.05, 0.1) is 6.61 Å². The van der Waals surface area contributed by atoms with Gasteiger partial charge in [0.2, 0.25) is 0 Å². The van der Waals surface area contributed by atoms with Crippen LogP contribution in [0.5, 0.6) is 6.01 Å². The second-order valence-electron chi connectivity index (χ2n) is 1.85. The van der Waals surface area contributed by atoms with E-state index < -0.39 is 0 Å². The summed E-state index contributed by atoms with van der Waals surface area (Å²) in [6.45, 7) is 4.53. The van der Waals surface area contributed by atoms with Crippen molar-refractivity contribution in [3.63, 3.8) is 0 Å². The van der Waals surface area contributed by atoms with E-state index in [0.717, 1.165) is 12.2 Å². The number of rotatable bonds is 3. The molecule has 1 aromatic rings. The fourth-order valence-electron chi connectivity index (χ4n) is 0.630. The normalized spacial score (nSPS) is 9.80. The van der Waals surface area contributed by atoms with E-state index in [1.807, 2.05) is 13.8 Å². The topological polar surface area (TPSA) is 50.8 Å². The number of nitrogens with zero attached hydrogens (tertiary/aromatic N) is 2. The molecule has 0 amide bonds. The van der Waals surface area contributed by atoms with Crippen molar-refractivity contribution in [2.24, 2.45) is 0 Å². The Labute approximate surface area is 59.6 Å². The molecule has 10 heavy (non-hydrogen) atoms. The lowest BCUT2D eigenvalue weighted by Gasteiger charge is -1.90. The SMILES string of the molecule is CCOc1n[nH]c(CC)n1. The van der Waals surface area contributed by atoms with Gasteiger partial charge in [-0.3, -0.25) is 5.10 Å². The first-order valence-corrected chi connectivity index (χ1v) is 3.40.